The molecule has 1 aliphatic heterocycles. The highest BCUT2D eigenvalue weighted by Gasteiger charge is 2.29. The first-order valence-corrected chi connectivity index (χ1v) is 7.51. The number of halogens is 1. The van der Waals surface area contributed by atoms with Crippen molar-refractivity contribution >= 4 is 32.8 Å². The molecule has 7 heteroatoms. The molecule has 0 amide bonds. The largest absolute Gasteiger partial charge is 0.315 e. The SMILES string of the molecule is O=S(=O)(Cc1cnc(Cl)s1)[C@H]1CCNC1. The van der Waals surface area contributed by atoms with Crippen LogP contribution in [0.2, 0.25) is 4.47 Å². The van der Waals surface area contributed by atoms with Gasteiger partial charge in [-0.2, -0.15) is 0 Å². The van der Waals surface area contributed by atoms with Crippen molar-refractivity contribution in [3.63, 3.8) is 0 Å². The lowest BCUT2D eigenvalue weighted by atomic mass is 10.4. The van der Waals surface area contributed by atoms with Gasteiger partial charge in [0, 0.05) is 17.6 Å². The lowest BCUT2D eigenvalue weighted by Crippen LogP contribution is -2.24. The molecule has 0 spiro atoms. The van der Waals surface area contributed by atoms with Crippen LogP contribution in [0.4, 0.5) is 0 Å². The summed E-state index contributed by atoms with van der Waals surface area (Å²) in [5.74, 6) is 0.0593. The van der Waals surface area contributed by atoms with Gasteiger partial charge in [-0.15, -0.1) is 11.3 Å². The zero-order valence-electron chi connectivity index (χ0n) is 7.94. The van der Waals surface area contributed by atoms with E-state index in [-0.39, 0.29) is 11.0 Å². The van der Waals surface area contributed by atoms with Crippen molar-refractivity contribution in [1.82, 2.24) is 10.3 Å². The zero-order chi connectivity index (χ0) is 10.9. The highest BCUT2D eigenvalue weighted by molar-refractivity contribution is 7.91. The van der Waals surface area contributed by atoms with Crippen LogP contribution < -0.4 is 5.32 Å². The third-order valence-electron chi connectivity index (χ3n) is 2.39. The van der Waals surface area contributed by atoms with Crippen molar-refractivity contribution in [2.45, 2.75) is 17.4 Å². The summed E-state index contributed by atoms with van der Waals surface area (Å²) in [4.78, 5) is 4.55. The van der Waals surface area contributed by atoms with Crippen LogP contribution in [0.3, 0.4) is 0 Å². The van der Waals surface area contributed by atoms with E-state index in [9.17, 15) is 8.42 Å². The molecule has 0 aliphatic carbocycles. The topological polar surface area (TPSA) is 59.1 Å². The Labute approximate surface area is 97.6 Å². The number of hydrogen-bond acceptors (Lipinski definition) is 5. The quantitative estimate of drug-likeness (QED) is 0.889. The summed E-state index contributed by atoms with van der Waals surface area (Å²) >= 11 is 6.88. The Kier molecular flexibility index (Phi) is 3.30. The van der Waals surface area contributed by atoms with Gasteiger partial charge in [0.2, 0.25) is 0 Å². The van der Waals surface area contributed by atoms with Gasteiger partial charge in [0.05, 0.1) is 11.0 Å². The average molecular weight is 267 g/mol. The summed E-state index contributed by atoms with van der Waals surface area (Å²) in [5, 5.41) is 2.80. The molecule has 1 aromatic rings. The maximum absolute atomic E-state index is 11.9. The van der Waals surface area contributed by atoms with Crippen LogP contribution >= 0.6 is 22.9 Å². The molecule has 1 aromatic heterocycles. The number of aromatic nitrogens is 1. The Bertz CT molecular complexity index is 437. The maximum Gasteiger partial charge on any atom is 0.183 e. The summed E-state index contributed by atoms with van der Waals surface area (Å²) < 4.78 is 24.2. The monoisotopic (exact) mass is 266 g/mol. The maximum atomic E-state index is 11.9. The van der Waals surface area contributed by atoms with E-state index in [1.54, 1.807) is 0 Å². The van der Waals surface area contributed by atoms with Crippen LogP contribution in [0.5, 0.6) is 0 Å². The summed E-state index contributed by atoms with van der Waals surface area (Å²) in [6.07, 6.45) is 2.24. The van der Waals surface area contributed by atoms with Gasteiger partial charge in [-0.3, -0.25) is 0 Å². The molecule has 1 saturated heterocycles. The molecule has 15 heavy (non-hydrogen) atoms. The van der Waals surface area contributed by atoms with Crippen LogP contribution in [-0.2, 0) is 15.6 Å². The third kappa shape index (κ3) is 2.69. The van der Waals surface area contributed by atoms with E-state index in [4.69, 9.17) is 11.6 Å². The molecule has 0 bridgehead atoms. The van der Waals surface area contributed by atoms with Crippen LogP contribution in [0.15, 0.2) is 6.20 Å². The Balaban J connectivity index is 2.10. The molecule has 0 aromatic carbocycles. The average Bonchev–Trinajstić information content (AvgIpc) is 2.75. The van der Waals surface area contributed by atoms with Gasteiger partial charge in [-0.1, -0.05) is 11.6 Å². The second-order valence-corrected chi connectivity index (χ2v) is 7.48. The van der Waals surface area contributed by atoms with Gasteiger partial charge in [0.1, 0.15) is 0 Å². The Morgan fingerprint density at radius 1 is 1.67 bits per heavy atom. The van der Waals surface area contributed by atoms with E-state index in [0.717, 1.165) is 6.54 Å². The molecule has 0 unspecified atom stereocenters. The fraction of sp³-hybridized carbons (Fsp3) is 0.625. The van der Waals surface area contributed by atoms with Crippen molar-refractivity contribution in [2.24, 2.45) is 0 Å². The lowest BCUT2D eigenvalue weighted by Gasteiger charge is -2.08. The van der Waals surface area contributed by atoms with E-state index >= 15 is 0 Å². The first-order chi connectivity index (χ1) is 7.08. The standard InChI is InChI=1S/C8H11ClN2O2S2/c9-8-11-3-6(14-8)5-15(12,13)7-1-2-10-4-7/h3,7,10H,1-2,4-5H2/t7-/m0/s1. The van der Waals surface area contributed by atoms with Gasteiger partial charge in [0.15, 0.2) is 14.3 Å². The lowest BCUT2D eigenvalue weighted by molar-refractivity contribution is 0.582. The number of nitrogens with zero attached hydrogens (tertiary/aromatic N) is 1. The van der Waals surface area contributed by atoms with E-state index in [1.807, 2.05) is 0 Å². The van der Waals surface area contributed by atoms with Crippen molar-refractivity contribution in [3.05, 3.63) is 15.5 Å². The normalized spacial score (nSPS) is 22.1. The van der Waals surface area contributed by atoms with E-state index in [1.165, 1.54) is 17.5 Å². The zero-order valence-corrected chi connectivity index (χ0v) is 10.3. The summed E-state index contributed by atoms with van der Waals surface area (Å²) in [5.41, 5.74) is 0. The van der Waals surface area contributed by atoms with Gasteiger partial charge in [-0.05, 0) is 13.0 Å². The minimum Gasteiger partial charge on any atom is -0.315 e. The molecule has 0 radical (unpaired) electrons. The summed E-state index contributed by atoms with van der Waals surface area (Å²) in [6, 6.07) is 0. The van der Waals surface area contributed by atoms with Gasteiger partial charge >= 0.3 is 0 Å². The van der Waals surface area contributed by atoms with Crippen molar-refractivity contribution in [2.75, 3.05) is 13.1 Å². The fourth-order valence-corrected chi connectivity index (χ4v) is 4.66. The molecule has 2 rings (SSSR count). The molecule has 1 N–H and O–H groups in total. The second kappa shape index (κ2) is 4.37. The summed E-state index contributed by atoms with van der Waals surface area (Å²) in [7, 11) is -3.05. The van der Waals surface area contributed by atoms with Gasteiger partial charge in [0.25, 0.3) is 0 Å². The number of nitrogens with one attached hydrogen (secondary N) is 1. The van der Waals surface area contributed by atoms with Crippen molar-refractivity contribution < 1.29 is 8.42 Å². The predicted molar refractivity (Wildman–Crippen MR) is 61.0 cm³/mol. The molecule has 1 aliphatic rings. The predicted octanol–water partition coefficient (Wildman–Crippen LogP) is 1.07. The number of rotatable bonds is 3. The van der Waals surface area contributed by atoms with Crippen LogP contribution in [0.25, 0.3) is 0 Å². The first kappa shape index (κ1) is 11.3. The first-order valence-electron chi connectivity index (χ1n) is 4.60. The van der Waals surface area contributed by atoms with Crippen LogP contribution in [0, 0.1) is 0 Å². The highest BCUT2D eigenvalue weighted by atomic mass is 35.5. The van der Waals surface area contributed by atoms with E-state index in [0.29, 0.717) is 22.3 Å². The van der Waals surface area contributed by atoms with Gasteiger partial charge < -0.3 is 5.32 Å². The molecule has 84 valence electrons. The number of hydrogen-bond donors (Lipinski definition) is 1. The Morgan fingerprint density at radius 2 is 2.47 bits per heavy atom. The van der Waals surface area contributed by atoms with E-state index < -0.39 is 9.84 Å². The van der Waals surface area contributed by atoms with Crippen LogP contribution in [0.1, 0.15) is 11.3 Å². The molecule has 4 nitrogen and oxygen atoms in total. The number of sulfone groups is 1. The third-order valence-corrected chi connectivity index (χ3v) is 5.82. The molecular formula is C8H11ClN2O2S2. The minimum atomic E-state index is -3.05. The van der Waals surface area contributed by atoms with Crippen LogP contribution in [-0.4, -0.2) is 31.7 Å². The highest BCUT2D eigenvalue weighted by Crippen LogP contribution is 2.22. The van der Waals surface area contributed by atoms with Crippen molar-refractivity contribution in [3.8, 4) is 0 Å². The van der Waals surface area contributed by atoms with Gasteiger partial charge in [-0.25, -0.2) is 13.4 Å². The van der Waals surface area contributed by atoms with E-state index in [2.05, 4.69) is 10.3 Å². The fourth-order valence-electron chi connectivity index (χ4n) is 1.60. The summed E-state index contributed by atoms with van der Waals surface area (Å²) in [6.45, 7) is 1.35. The minimum absolute atomic E-state index is 0.0593. The molecule has 2 heterocycles. The van der Waals surface area contributed by atoms with Crippen molar-refractivity contribution in [1.29, 1.82) is 0 Å². The Morgan fingerprint density at radius 3 is 3.00 bits per heavy atom. The smallest absolute Gasteiger partial charge is 0.183 e. The Hall–Kier alpha value is -0.170. The second-order valence-electron chi connectivity index (χ2n) is 3.50. The molecule has 1 fully saturated rings. The number of thiazole rings is 1. The molecule has 1 atom stereocenters. The molecule has 0 saturated carbocycles. The molecular weight excluding hydrogens is 256 g/mol.